The first kappa shape index (κ1) is 32.0. The molecule has 2 nitrogen and oxygen atoms in total. The Morgan fingerprint density at radius 2 is 1.26 bits per heavy atom. The van der Waals surface area contributed by atoms with Gasteiger partial charge in [0.25, 0.3) is 0 Å². The van der Waals surface area contributed by atoms with Crippen LogP contribution in [0.3, 0.4) is 0 Å². The van der Waals surface area contributed by atoms with Crippen molar-refractivity contribution in [3.63, 3.8) is 0 Å². The maximum Gasteiger partial charge on any atom is 0.0938 e. The lowest BCUT2D eigenvalue weighted by Gasteiger charge is -2.41. The van der Waals surface area contributed by atoms with Crippen LogP contribution >= 0.6 is 0 Å². The van der Waals surface area contributed by atoms with Gasteiger partial charge >= 0.3 is 0 Å². The zero-order chi connectivity index (χ0) is 35.1. The maximum atomic E-state index is 7.07. The second-order valence-corrected chi connectivity index (χ2v) is 14.9. The highest BCUT2D eigenvalue weighted by molar-refractivity contribution is 5.84. The zero-order valence-electron chi connectivity index (χ0n) is 29.9. The van der Waals surface area contributed by atoms with Crippen molar-refractivity contribution >= 4 is 11.3 Å². The largest absolute Gasteiger partial charge is 0.365 e. The van der Waals surface area contributed by atoms with Crippen molar-refractivity contribution in [2.45, 2.75) is 49.9 Å². The summed E-state index contributed by atoms with van der Waals surface area (Å²) in [4.78, 5) is 2.69. The van der Waals surface area contributed by atoms with Crippen LogP contribution in [0.4, 0.5) is 5.69 Å². The Bertz CT molecular complexity index is 2320. The van der Waals surface area contributed by atoms with Crippen molar-refractivity contribution in [1.82, 2.24) is 0 Å². The SMILES string of the molecule is C1=CC2=C(C1)C(N(c1ccccc1-c1ccccc1)C1C=CC(c3ccccc3)CC1)=CC1C3=C(c4ccc(-c5ccccc5)cc4)C=CCC3O[C@@H]21. The van der Waals surface area contributed by atoms with Crippen LogP contribution in [0.1, 0.15) is 42.7 Å². The van der Waals surface area contributed by atoms with Gasteiger partial charge in [-0.25, -0.2) is 0 Å². The highest BCUT2D eigenvalue weighted by Crippen LogP contribution is 2.52. The molecule has 0 spiro atoms. The molecule has 0 saturated carbocycles. The molecule has 0 aromatic heterocycles. The van der Waals surface area contributed by atoms with E-state index in [4.69, 9.17) is 4.74 Å². The first-order chi connectivity index (χ1) is 26.3. The molecular formula is C51H43NO. The highest BCUT2D eigenvalue weighted by Gasteiger charge is 2.47. The third-order valence-electron chi connectivity index (χ3n) is 11.9. The predicted molar refractivity (Wildman–Crippen MR) is 219 cm³/mol. The number of benzene rings is 5. The lowest BCUT2D eigenvalue weighted by atomic mass is 9.77. The van der Waals surface area contributed by atoms with E-state index in [1.807, 2.05) is 0 Å². The Balaban J connectivity index is 1.10. The van der Waals surface area contributed by atoms with Crippen LogP contribution < -0.4 is 4.90 Å². The first-order valence-corrected chi connectivity index (χ1v) is 19.3. The van der Waals surface area contributed by atoms with Gasteiger partial charge in [-0.05, 0) is 81.9 Å². The van der Waals surface area contributed by atoms with Gasteiger partial charge in [-0.15, -0.1) is 0 Å². The average molecular weight is 686 g/mol. The van der Waals surface area contributed by atoms with E-state index in [9.17, 15) is 0 Å². The highest BCUT2D eigenvalue weighted by atomic mass is 16.5. The molecule has 4 unspecified atom stereocenters. The third-order valence-corrected chi connectivity index (χ3v) is 11.9. The molecule has 1 heterocycles. The summed E-state index contributed by atoms with van der Waals surface area (Å²) in [5, 5.41) is 0. The number of para-hydroxylation sites is 1. The van der Waals surface area contributed by atoms with Gasteiger partial charge in [0, 0.05) is 28.8 Å². The van der Waals surface area contributed by atoms with Crippen molar-refractivity contribution in [3.8, 4) is 22.3 Å². The minimum absolute atomic E-state index is 0.0292. The number of anilines is 1. The molecule has 4 aliphatic carbocycles. The van der Waals surface area contributed by atoms with E-state index in [1.165, 1.54) is 67.1 Å². The van der Waals surface area contributed by atoms with Gasteiger partial charge in [-0.3, -0.25) is 0 Å². The number of ether oxygens (including phenoxy) is 1. The summed E-state index contributed by atoms with van der Waals surface area (Å²) in [6, 6.07) is 51.0. The molecule has 5 aromatic carbocycles. The number of nitrogens with zero attached hydrogens (tertiary/aromatic N) is 1. The number of hydrogen-bond acceptors (Lipinski definition) is 2. The average Bonchev–Trinajstić information content (AvgIpc) is 3.88. The topological polar surface area (TPSA) is 12.5 Å². The minimum atomic E-state index is 0.0292. The summed E-state index contributed by atoms with van der Waals surface area (Å²) in [7, 11) is 0. The molecule has 0 amide bonds. The van der Waals surface area contributed by atoms with Crippen molar-refractivity contribution in [2.24, 2.45) is 5.92 Å². The minimum Gasteiger partial charge on any atom is -0.365 e. The van der Waals surface area contributed by atoms with E-state index >= 15 is 0 Å². The molecule has 10 rings (SSSR count). The van der Waals surface area contributed by atoms with Gasteiger partial charge in [0.05, 0.1) is 18.2 Å². The maximum absolute atomic E-state index is 7.07. The first-order valence-electron chi connectivity index (χ1n) is 19.3. The Morgan fingerprint density at radius 1 is 0.585 bits per heavy atom. The Hall–Kier alpha value is -5.70. The second-order valence-electron chi connectivity index (χ2n) is 14.9. The molecule has 258 valence electrons. The lowest BCUT2D eigenvalue weighted by molar-refractivity contribution is 0.0684. The van der Waals surface area contributed by atoms with Crippen molar-refractivity contribution < 1.29 is 4.74 Å². The molecule has 53 heavy (non-hydrogen) atoms. The molecule has 5 aromatic rings. The predicted octanol–water partition coefficient (Wildman–Crippen LogP) is 12.3. The summed E-state index contributed by atoms with van der Waals surface area (Å²) in [5.74, 6) is 0.589. The molecule has 0 N–H and O–H groups in total. The van der Waals surface area contributed by atoms with Crippen LogP contribution in [0.5, 0.6) is 0 Å². The number of allylic oxidation sites excluding steroid dienone is 5. The molecule has 1 aliphatic heterocycles. The van der Waals surface area contributed by atoms with Crippen molar-refractivity contribution in [1.29, 1.82) is 0 Å². The summed E-state index contributed by atoms with van der Waals surface area (Å²) in [5.41, 5.74) is 15.8. The van der Waals surface area contributed by atoms with Gasteiger partial charge in [-0.2, -0.15) is 0 Å². The van der Waals surface area contributed by atoms with E-state index < -0.39 is 0 Å². The fourth-order valence-electron chi connectivity index (χ4n) is 9.40. The van der Waals surface area contributed by atoms with Crippen LogP contribution in [-0.2, 0) is 4.74 Å². The van der Waals surface area contributed by atoms with E-state index in [2.05, 4.69) is 187 Å². The molecule has 5 atom stereocenters. The molecule has 1 fully saturated rings. The van der Waals surface area contributed by atoms with E-state index in [0.717, 1.165) is 25.7 Å². The molecular weight excluding hydrogens is 643 g/mol. The van der Waals surface area contributed by atoms with Crippen LogP contribution in [0.2, 0.25) is 0 Å². The van der Waals surface area contributed by atoms with Crippen molar-refractivity contribution in [2.75, 3.05) is 4.90 Å². The Labute approximate surface area is 313 Å². The van der Waals surface area contributed by atoms with Crippen LogP contribution in [0.25, 0.3) is 27.8 Å². The lowest BCUT2D eigenvalue weighted by Crippen LogP contribution is -2.38. The smallest absolute Gasteiger partial charge is 0.0938 e. The zero-order valence-corrected chi connectivity index (χ0v) is 29.9. The van der Waals surface area contributed by atoms with Gasteiger partial charge < -0.3 is 9.64 Å². The van der Waals surface area contributed by atoms with Gasteiger partial charge in [0.15, 0.2) is 0 Å². The molecule has 5 aliphatic rings. The monoisotopic (exact) mass is 685 g/mol. The summed E-state index contributed by atoms with van der Waals surface area (Å²) in [6.45, 7) is 0. The standard InChI is InChI=1S/C51H43NO/c1-4-14-35(15-5-1)37-26-28-40(29-27-37)43-21-13-25-49-50(43)46-34-48(44-22-12-23-45(44)51(46)53-49)52(41-32-30-38(31-33-41)36-16-6-2-7-17-36)47-24-11-10-20-42(47)39-18-8-3-9-19-39/h1-21,23-24,26-30,32,34,38,41,46,49,51H,22,25,31,33H2/t38?,41?,46?,49?,51-/m0/s1. The Kier molecular flexibility index (Phi) is 8.26. The third kappa shape index (κ3) is 5.79. The van der Waals surface area contributed by atoms with Gasteiger partial charge in [-0.1, -0.05) is 176 Å². The van der Waals surface area contributed by atoms with Crippen LogP contribution in [0, 0.1) is 5.92 Å². The quantitative estimate of drug-likeness (QED) is 0.158. The molecule has 0 bridgehead atoms. The molecule has 2 heteroatoms. The number of fused-ring (bicyclic) bond motifs is 4. The molecule has 0 radical (unpaired) electrons. The normalized spacial score (nSPS) is 24.2. The van der Waals surface area contributed by atoms with Gasteiger partial charge in [0.2, 0.25) is 0 Å². The number of hydrogen-bond donors (Lipinski definition) is 0. The van der Waals surface area contributed by atoms with Crippen LogP contribution in [-0.4, -0.2) is 18.2 Å². The fraction of sp³-hybridized carbons (Fsp3) is 0.176. The van der Waals surface area contributed by atoms with Gasteiger partial charge in [0.1, 0.15) is 0 Å². The van der Waals surface area contributed by atoms with Crippen LogP contribution in [0.15, 0.2) is 204 Å². The summed E-state index contributed by atoms with van der Waals surface area (Å²) >= 11 is 0. The molecule has 1 saturated heterocycles. The van der Waals surface area contributed by atoms with Crippen molar-refractivity contribution in [3.05, 3.63) is 216 Å². The number of rotatable bonds is 7. The van der Waals surface area contributed by atoms with E-state index in [1.54, 1.807) is 0 Å². The fourth-order valence-corrected chi connectivity index (χ4v) is 9.40. The summed E-state index contributed by atoms with van der Waals surface area (Å²) in [6.07, 6.45) is 21.1. The second kappa shape index (κ2) is 13.7. The van der Waals surface area contributed by atoms with E-state index in [0.29, 0.717) is 5.92 Å². The van der Waals surface area contributed by atoms with E-state index in [-0.39, 0.29) is 24.2 Å². The summed E-state index contributed by atoms with van der Waals surface area (Å²) < 4.78 is 7.07. The Morgan fingerprint density at radius 3 is 2.02 bits per heavy atom.